The molecule has 2 aliphatic rings. The van der Waals surface area contributed by atoms with E-state index in [4.69, 9.17) is 4.98 Å². The zero-order valence-electron chi connectivity index (χ0n) is 19.8. The van der Waals surface area contributed by atoms with Gasteiger partial charge in [-0.05, 0) is 42.4 Å². The number of aromatic amines is 1. The second-order valence-corrected chi connectivity index (χ2v) is 10.4. The highest BCUT2D eigenvalue weighted by Gasteiger charge is 2.37. The molecule has 2 N–H and O–H groups in total. The molecule has 0 saturated carbocycles. The van der Waals surface area contributed by atoms with E-state index >= 15 is 0 Å². The number of hydrogen-bond acceptors (Lipinski definition) is 5. The molecule has 0 radical (unpaired) electrons. The van der Waals surface area contributed by atoms with Crippen molar-refractivity contribution in [2.24, 2.45) is 0 Å². The lowest BCUT2D eigenvalue weighted by Gasteiger charge is -2.33. The van der Waals surface area contributed by atoms with Crippen LogP contribution in [0.3, 0.4) is 0 Å². The van der Waals surface area contributed by atoms with E-state index in [1.54, 1.807) is 0 Å². The number of thioether (sulfide) groups is 1. The van der Waals surface area contributed by atoms with Crippen LogP contribution in [0, 0.1) is 6.92 Å². The van der Waals surface area contributed by atoms with E-state index in [1.165, 1.54) is 28.5 Å². The van der Waals surface area contributed by atoms with Crippen molar-refractivity contribution in [1.82, 2.24) is 9.97 Å². The fourth-order valence-corrected chi connectivity index (χ4v) is 5.57. The molecule has 2 aromatic carbocycles. The molecule has 34 heavy (non-hydrogen) atoms. The highest BCUT2D eigenvalue weighted by atomic mass is 32.2. The molecule has 0 fully saturated rings. The number of ketones is 1. The Kier molecular flexibility index (Phi) is 6.17. The van der Waals surface area contributed by atoms with E-state index in [0.717, 1.165) is 29.7 Å². The molecule has 2 heterocycles. The maximum atomic E-state index is 13.4. The third-order valence-electron chi connectivity index (χ3n) is 6.67. The molecule has 5 nitrogen and oxygen atoms in total. The number of aromatic nitrogens is 2. The zero-order chi connectivity index (χ0) is 23.8. The number of carbonyl (C=O) groups is 1. The fraction of sp³-hybridized carbons (Fsp3) is 0.321. The van der Waals surface area contributed by atoms with Gasteiger partial charge in [0.1, 0.15) is 5.82 Å². The summed E-state index contributed by atoms with van der Waals surface area (Å²) in [5, 5.41) is 3.94. The number of fused-ring (bicyclic) bond motifs is 1. The van der Waals surface area contributed by atoms with Crippen molar-refractivity contribution >= 4 is 23.4 Å². The van der Waals surface area contributed by atoms with Crippen LogP contribution in [0.5, 0.6) is 0 Å². The first-order valence-electron chi connectivity index (χ1n) is 11.9. The van der Waals surface area contributed by atoms with Crippen LogP contribution >= 0.6 is 11.8 Å². The Bertz CT molecular complexity index is 1320. The summed E-state index contributed by atoms with van der Waals surface area (Å²) in [6.45, 7) is 6.38. The number of hydrogen-bond donors (Lipinski definition) is 2. The van der Waals surface area contributed by atoms with Crippen molar-refractivity contribution in [2.45, 2.75) is 62.8 Å². The van der Waals surface area contributed by atoms with Crippen LogP contribution in [0.25, 0.3) is 0 Å². The molecular weight excluding hydrogens is 442 g/mol. The van der Waals surface area contributed by atoms with Gasteiger partial charge in [-0.2, -0.15) is 0 Å². The third kappa shape index (κ3) is 4.34. The minimum atomic E-state index is -0.396. The number of nitrogens with zero attached hydrogens (tertiary/aromatic N) is 1. The number of carbonyl (C=O) groups excluding carboxylic acids is 1. The second-order valence-electron chi connectivity index (χ2n) is 9.46. The monoisotopic (exact) mass is 471 g/mol. The molecule has 1 aliphatic carbocycles. The maximum absolute atomic E-state index is 13.4. The lowest BCUT2D eigenvalue weighted by atomic mass is 9.76. The van der Waals surface area contributed by atoms with E-state index in [2.05, 4.69) is 79.6 Å². The first-order chi connectivity index (χ1) is 16.4. The van der Waals surface area contributed by atoms with Crippen LogP contribution in [0.2, 0.25) is 0 Å². The Hall–Kier alpha value is -3.12. The van der Waals surface area contributed by atoms with Crippen molar-refractivity contribution in [1.29, 1.82) is 0 Å². The summed E-state index contributed by atoms with van der Waals surface area (Å²) in [4.78, 5) is 34.2. The van der Waals surface area contributed by atoms with Crippen molar-refractivity contribution in [3.63, 3.8) is 0 Å². The average molecular weight is 472 g/mol. The van der Waals surface area contributed by atoms with Crippen LogP contribution < -0.4 is 10.9 Å². The maximum Gasteiger partial charge on any atom is 0.257 e. The molecule has 0 bridgehead atoms. The number of nitrogens with one attached hydrogen (secondary N) is 2. The molecular formula is C28H29N3O2S. The van der Waals surface area contributed by atoms with Crippen molar-refractivity contribution in [3.8, 4) is 0 Å². The van der Waals surface area contributed by atoms with E-state index < -0.39 is 5.92 Å². The van der Waals surface area contributed by atoms with Crippen molar-refractivity contribution in [3.05, 3.63) is 98.0 Å². The lowest BCUT2D eigenvalue weighted by Crippen LogP contribution is -2.32. The van der Waals surface area contributed by atoms with Gasteiger partial charge in [-0.1, -0.05) is 79.7 Å². The summed E-state index contributed by atoms with van der Waals surface area (Å²) < 4.78 is 0. The number of Topliss-reactive ketones (excluding diaryl/α,β-unsaturated/α-hetero) is 1. The molecule has 174 valence electrons. The Morgan fingerprint density at radius 1 is 1.03 bits per heavy atom. The van der Waals surface area contributed by atoms with Crippen LogP contribution in [0.15, 0.2) is 69.8 Å². The zero-order valence-corrected chi connectivity index (χ0v) is 20.6. The topological polar surface area (TPSA) is 74.8 Å². The van der Waals surface area contributed by atoms with E-state index in [1.807, 2.05) is 0 Å². The second kappa shape index (κ2) is 9.26. The van der Waals surface area contributed by atoms with Crippen LogP contribution in [-0.2, 0) is 10.5 Å². The fourth-order valence-electron chi connectivity index (χ4n) is 4.75. The van der Waals surface area contributed by atoms with Crippen molar-refractivity contribution in [2.75, 3.05) is 5.32 Å². The van der Waals surface area contributed by atoms with Gasteiger partial charge >= 0.3 is 0 Å². The van der Waals surface area contributed by atoms with Gasteiger partial charge in [0.2, 0.25) is 0 Å². The number of rotatable bonds is 5. The van der Waals surface area contributed by atoms with Gasteiger partial charge in [-0.15, -0.1) is 0 Å². The van der Waals surface area contributed by atoms with Gasteiger partial charge < -0.3 is 10.3 Å². The van der Waals surface area contributed by atoms with Gasteiger partial charge in [0.25, 0.3) is 5.56 Å². The third-order valence-corrected chi connectivity index (χ3v) is 7.61. The number of allylic oxidation sites excluding steroid dienone is 2. The minimum absolute atomic E-state index is 0.120. The SMILES string of the molecule is Cc1ccc(CSc2nc3c(c(=O)[nH]2)C(c2ccc(C(C)C)cc2)C2=C(CCCC2=O)N3)cc1. The standard InChI is InChI=1S/C28H29N3O2S/c1-16(2)19-11-13-20(14-12-19)23-24-21(5-4-6-22(24)32)29-26-25(23)27(33)31-28(30-26)34-15-18-9-7-17(3)8-10-18/h7-14,16,23H,4-6,15H2,1-3H3,(H2,29,30,31,33). The largest absolute Gasteiger partial charge is 0.343 e. The average Bonchev–Trinajstić information content (AvgIpc) is 2.82. The highest BCUT2D eigenvalue weighted by molar-refractivity contribution is 7.98. The van der Waals surface area contributed by atoms with Gasteiger partial charge in [0.15, 0.2) is 10.9 Å². The van der Waals surface area contributed by atoms with Crippen LogP contribution in [0.4, 0.5) is 5.82 Å². The van der Waals surface area contributed by atoms with Crippen LogP contribution in [-0.4, -0.2) is 15.8 Å². The predicted octanol–water partition coefficient (Wildman–Crippen LogP) is 6.06. The minimum Gasteiger partial charge on any atom is -0.343 e. The molecule has 5 rings (SSSR count). The number of anilines is 1. The molecule has 0 amide bonds. The lowest BCUT2D eigenvalue weighted by molar-refractivity contribution is -0.116. The molecule has 1 atom stereocenters. The molecule has 1 aliphatic heterocycles. The molecule has 1 unspecified atom stereocenters. The van der Waals surface area contributed by atoms with Crippen molar-refractivity contribution < 1.29 is 4.79 Å². The Morgan fingerprint density at radius 3 is 2.47 bits per heavy atom. The van der Waals surface area contributed by atoms with Crippen LogP contribution in [0.1, 0.15) is 72.8 Å². The summed E-state index contributed by atoms with van der Waals surface area (Å²) in [6, 6.07) is 16.7. The number of H-pyrrole nitrogens is 1. The summed E-state index contributed by atoms with van der Waals surface area (Å²) >= 11 is 1.51. The molecule has 0 spiro atoms. The van der Waals surface area contributed by atoms with E-state index in [9.17, 15) is 9.59 Å². The molecule has 6 heteroatoms. The molecule has 0 saturated heterocycles. The number of benzene rings is 2. The van der Waals surface area contributed by atoms with Gasteiger partial charge in [0.05, 0.1) is 5.56 Å². The van der Waals surface area contributed by atoms with E-state index in [0.29, 0.717) is 34.6 Å². The Morgan fingerprint density at radius 2 is 1.76 bits per heavy atom. The Balaban J connectivity index is 1.54. The Labute approximate surface area is 204 Å². The normalized spacial score (nSPS) is 17.4. The van der Waals surface area contributed by atoms with E-state index in [-0.39, 0.29) is 11.3 Å². The number of aryl methyl sites for hydroxylation is 1. The van der Waals surface area contributed by atoms with Gasteiger partial charge in [-0.25, -0.2) is 4.98 Å². The summed E-state index contributed by atoms with van der Waals surface area (Å²) in [5.74, 6) is 1.43. The molecule has 3 aromatic rings. The summed E-state index contributed by atoms with van der Waals surface area (Å²) in [6.07, 6.45) is 2.13. The first kappa shape index (κ1) is 22.7. The quantitative estimate of drug-likeness (QED) is 0.350. The summed E-state index contributed by atoms with van der Waals surface area (Å²) in [7, 11) is 0. The summed E-state index contributed by atoms with van der Waals surface area (Å²) in [5.41, 5.74) is 6.57. The first-order valence-corrected chi connectivity index (χ1v) is 12.8. The smallest absolute Gasteiger partial charge is 0.257 e. The van der Waals surface area contributed by atoms with Gasteiger partial charge in [0, 0.05) is 29.4 Å². The van der Waals surface area contributed by atoms with Gasteiger partial charge in [-0.3, -0.25) is 9.59 Å². The highest BCUT2D eigenvalue weighted by Crippen LogP contribution is 2.43. The predicted molar refractivity (Wildman–Crippen MR) is 137 cm³/mol. The molecule has 1 aromatic heterocycles.